The van der Waals surface area contributed by atoms with Gasteiger partial charge < -0.3 is 15.8 Å². The molecule has 1 aromatic carbocycles. The number of aryl methyl sites for hydroxylation is 2. The third-order valence-corrected chi connectivity index (χ3v) is 3.20. The minimum atomic E-state index is -0.352. The highest BCUT2D eigenvalue weighted by molar-refractivity contribution is 6.07. The zero-order valence-electron chi connectivity index (χ0n) is 12.5. The van der Waals surface area contributed by atoms with Gasteiger partial charge in [0, 0.05) is 0 Å². The molecule has 0 fully saturated rings. The predicted octanol–water partition coefficient (Wildman–Crippen LogP) is 2.51. The average Bonchev–Trinajstić information content (AvgIpc) is 2.81. The molecule has 112 valence electrons. The fourth-order valence-corrected chi connectivity index (χ4v) is 2.10. The molecule has 0 atom stereocenters. The highest BCUT2D eigenvalue weighted by Gasteiger charge is 2.18. The van der Waals surface area contributed by atoms with Crippen LogP contribution in [-0.2, 0) is 6.42 Å². The molecule has 6 nitrogen and oxygen atoms in total. The molecular formula is C15H20N4O2. The van der Waals surface area contributed by atoms with Crippen LogP contribution in [0.15, 0.2) is 18.2 Å². The lowest BCUT2D eigenvalue weighted by Crippen LogP contribution is -2.15. The van der Waals surface area contributed by atoms with E-state index in [9.17, 15) is 4.79 Å². The van der Waals surface area contributed by atoms with Gasteiger partial charge in [0.2, 0.25) is 0 Å². The van der Waals surface area contributed by atoms with E-state index in [2.05, 4.69) is 15.5 Å². The van der Waals surface area contributed by atoms with Crippen LogP contribution in [0, 0.1) is 6.92 Å². The van der Waals surface area contributed by atoms with Gasteiger partial charge in [-0.25, -0.2) is 0 Å². The number of nitrogens with two attached hydrogens (primary N) is 1. The summed E-state index contributed by atoms with van der Waals surface area (Å²) in [5.74, 6) is 0.242. The molecule has 0 radical (unpaired) electrons. The first-order chi connectivity index (χ1) is 10.1. The largest absolute Gasteiger partial charge is 0.495 e. The molecule has 6 heteroatoms. The first kappa shape index (κ1) is 14.9. The van der Waals surface area contributed by atoms with E-state index in [1.54, 1.807) is 13.2 Å². The van der Waals surface area contributed by atoms with E-state index in [1.165, 1.54) is 0 Å². The zero-order valence-corrected chi connectivity index (χ0v) is 12.5. The number of methoxy groups -OCH3 is 1. The van der Waals surface area contributed by atoms with E-state index in [4.69, 9.17) is 10.5 Å². The third kappa shape index (κ3) is 3.16. The van der Waals surface area contributed by atoms with Gasteiger partial charge in [-0.2, -0.15) is 5.10 Å². The fraction of sp³-hybridized carbons (Fsp3) is 0.333. The summed E-state index contributed by atoms with van der Waals surface area (Å²) >= 11 is 0. The second kappa shape index (κ2) is 6.30. The highest BCUT2D eigenvalue weighted by atomic mass is 16.5. The third-order valence-electron chi connectivity index (χ3n) is 3.20. The van der Waals surface area contributed by atoms with Crippen molar-refractivity contribution >= 4 is 17.3 Å². The van der Waals surface area contributed by atoms with Gasteiger partial charge >= 0.3 is 0 Å². The van der Waals surface area contributed by atoms with Gasteiger partial charge in [0.05, 0.1) is 24.2 Å². The second-order valence-corrected chi connectivity index (χ2v) is 4.87. The molecule has 0 aliphatic heterocycles. The maximum Gasteiger partial charge on any atom is 0.278 e. The molecule has 4 N–H and O–H groups in total. The van der Waals surface area contributed by atoms with Crippen LogP contribution in [0.1, 0.15) is 35.1 Å². The van der Waals surface area contributed by atoms with Crippen LogP contribution < -0.4 is 15.8 Å². The topological polar surface area (TPSA) is 93.0 Å². The number of aromatic amines is 1. The van der Waals surface area contributed by atoms with E-state index in [1.807, 2.05) is 26.0 Å². The molecule has 2 aromatic rings. The molecule has 21 heavy (non-hydrogen) atoms. The molecule has 1 amide bonds. The average molecular weight is 288 g/mol. The summed E-state index contributed by atoms with van der Waals surface area (Å²) in [5.41, 5.74) is 8.98. The Morgan fingerprint density at radius 1 is 1.48 bits per heavy atom. The van der Waals surface area contributed by atoms with Gasteiger partial charge in [-0.1, -0.05) is 19.4 Å². The summed E-state index contributed by atoms with van der Waals surface area (Å²) in [4.78, 5) is 12.3. The number of nitrogens with zero attached hydrogens (tertiary/aromatic N) is 1. The minimum Gasteiger partial charge on any atom is -0.495 e. The normalized spacial score (nSPS) is 10.4. The van der Waals surface area contributed by atoms with Crippen LogP contribution in [-0.4, -0.2) is 23.2 Å². The van der Waals surface area contributed by atoms with Crippen molar-refractivity contribution < 1.29 is 9.53 Å². The van der Waals surface area contributed by atoms with Gasteiger partial charge in [-0.15, -0.1) is 0 Å². The maximum absolute atomic E-state index is 12.3. The van der Waals surface area contributed by atoms with Crippen LogP contribution in [0.5, 0.6) is 5.75 Å². The summed E-state index contributed by atoms with van der Waals surface area (Å²) in [6.07, 6.45) is 1.69. The lowest BCUT2D eigenvalue weighted by Gasteiger charge is -2.10. The van der Waals surface area contributed by atoms with E-state index in [0.717, 1.165) is 24.1 Å². The summed E-state index contributed by atoms with van der Waals surface area (Å²) in [6.45, 7) is 3.98. The number of benzene rings is 1. The molecule has 0 bridgehead atoms. The van der Waals surface area contributed by atoms with Crippen LogP contribution in [0.3, 0.4) is 0 Å². The summed E-state index contributed by atoms with van der Waals surface area (Å²) in [6, 6.07) is 5.56. The molecule has 0 aliphatic carbocycles. The number of rotatable bonds is 5. The number of anilines is 2. The monoisotopic (exact) mass is 288 g/mol. The van der Waals surface area contributed by atoms with Crippen LogP contribution in [0.2, 0.25) is 0 Å². The smallest absolute Gasteiger partial charge is 0.278 e. The Hall–Kier alpha value is -2.50. The van der Waals surface area contributed by atoms with Crippen molar-refractivity contribution in [3.63, 3.8) is 0 Å². The second-order valence-electron chi connectivity index (χ2n) is 4.87. The standard InChI is InChI=1S/C15H20N4O2/c1-4-5-10-13(16)14(19-18-10)15(20)17-11-8-9(2)6-7-12(11)21-3/h6-8H,4-5,16H2,1-3H3,(H,17,20)(H,18,19). The number of nitrogens with one attached hydrogen (secondary N) is 2. The molecule has 1 aromatic heterocycles. The quantitative estimate of drug-likeness (QED) is 0.788. The van der Waals surface area contributed by atoms with Gasteiger partial charge in [-0.3, -0.25) is 9.89 Å². The number of hydrogen-bond donors (Lipinski definition) is 3. The molecule has 0 saturated carbocycles. The summed E-state index contributed by atoms with van der Waals surface area (Å²) < 4.78 is 5.24. The number of carbonyl (C=O) groups excluding carboxylic acids is 1. The molecule has 2 rings (SSSR count). The Morgan fingerprint density at radius 3 is 2.90 bits per heavy atom. The molecular weight excluding hydrogens is 268 g/mol. The number of amides is 1. The first-order valence-corrected chi connectivity index (χ1v) is 6.85. The summed E-state index contributed by atoms with van der Waals surface area (Å²) in [7, 11) is 1.56. The number of H-pyrrole nitrogens is 1. The Labute approximate surface area is 123 Å². The SMILES string of the molecule is CCCc1[nH]nc(C(=O)Nc2cc(C)ccc2OC)c1N. The summed E-state index contributed by atoms with van der Waals surface area (Å²) in [5, 5.41) is 9.61. The Bertz CT molecular complexity index is 649. The molecule has 0 unspecified atom stereocenters. The Balaban J connectivity index is 2.24. The van der Waals surface area contributed by atoms with Gasteiger partial charge in [0.25, 0.3) is 5.91 Å². The number of aromatic nitrogens is 2. The predicted molar refractivity (Wildman–Crippen MR) is 82.7 cm³/mol. The first-order valence-electron chi connectivity index (χ1n) is 6.85. The minimum absolute atomic E-state index is 0.210. The van der Waals surface area contributed by atoms with Crippen molar-refractivity contribution in [1.29, 1.82) is 0 Å². The lowest BCUT2D eigenvalue weighted by atomic mass is 10.2. The zero-order chi connectivity index (χ0) is 15.4. The van der Waals surface area contributed by atoms with Crippen LogP contribution in [0.25, 0.3) is 0 Å². The number of nitrogen functional groups attached to an aromatic ring is 1. The van der Waals surface area contributed by atoms with Crippen LogP contribution in [0.4, 0.5) is 11.4 Å². The lowest BCUT2D eigenvalue weighted by molar-refractivity contribution is 0.102. The Morgan fingerprint density at radius 2 is 2.24 bits per heavy atom. The molecule has 0 spiro atoms. The van der Waals surface area contributed by atoms with E-state index >= 15 is 0 Å². The van der Waals surface area contributed by atoms with Crippen molar-refractivity contribution in [2.45, 2.75) is 26.7 Å². The fourth-order valence-electron chi connectivity index (χ4n) is 2.10. The van der Waals surface area contributed by atoms with Gasteiger partial charge in [0.1, 0.15) is 5.75 Å². The van der Waals surface area contributed by atoms with Crippen molar-refractivity contribution in [3.05, 3.63) is 35.2 Å². The van der Waals surface area contributed by atoms with Crippen LogP contribution >= 0.6 is 0 Å². The number of ether oxygens (including phenoxy) is 1. The van der Waals surface area contributed by atoms with E-state index in [-0.39, 0.29) is 11.6 Å². The van der Waals surface area contributed by atoms with Crippen molar-refractivity contribution in [1.82, 2.24) is 10.2 Å². The van der Waals surface area contributed by atoms with E-state index in [0.29, 0.717) is 17.1 Å². The molecule has 0 aliphatic rings. The Kier molecular flexibility index (Phi) is 4.47. The van der Waals surface area contributed by atoms with Gasteiger partial charge in [-0.05, 0) is 31.0 Å². The molecule has 1 heterocycles. The van der Waals surface area contributed by atoms with Gasteiger partial charge in [0.15, 0.2) is 5.69 Å². The molecule has 0 saturated heterocycles. The number of carbonyl (C=O) groups is 1. The van der Waals surface area contributed by atoms with Crippen molar-refractivity contribution in [2.75, 3.05) is 18.2 Å². The number of hydrogen-bond acceptors (Lipinski definition) is 4. The van der Waals surface area contributed by atoms with Crippen molar-refractivity contribution in [3.8, 4) is 5.75 Å². The van der Waals surface area contributed by atoms with Crippen molar-refractivity contribution in [2.24, 2.45) is 0 Å². The van der Waals surface area contributed by atoms with E-state index < -0.39 is 0 Å². The maximum atomic E-state index is 12.3. The highest BCUT2D eigenvalue weighted by Crippen LogP contribution is 2.26.